The van der Waals surface area contributed by atoms with Crippen LogP contribution in [0.4, 0.5) is 13.2 Å². The van der Waals surface area contributed by atoms with Gasteiger partial charge < -0.3 is 14.8 Å². The standard InChI is InChI=1S/C28H36F3N3O2/c1-2-3-4-5-6-7-8-9-10-14-26-32-27(36-33-26)24-17-15-22(16-18-24)20-34(35)21-23-12-11-13-25(19-23)28(29,30)31/h11-13,15-19,34H,2-10,14,20-21H2,1H3. The largest absolute Gasteiger partial charge is 0.634 e. The SMILES string of the molecule is CCCCCCCCCCCc1noc(-c2ccc(C[NH+]([O-])Cc3cccc(C(F)(F)F)c3)cc2)n1. The van der Waals surface area contributed by atoms with Crippen molar-refractivity contribution >= 4 is 0 Å². The Balaban J connectivity index is 1.41. The maximum absolute atomic E-state index is 12.9. The molecule has 0 saturated heterocycles. The molecule has 0 aliphatic heterocycles. The minimum absolute atomic E-state index is 0.0441. The number of quaternary nitrogens is 1. The minimum atomic E-state index is -4.42. The van der Waals surface area contributed by atoms with Gasteiger partial charge in [-0.3, -0.25) is 0 Å². The molecule has 0 radical (unpaired) electrons. The lowest BCUT2D eigenvalue weighted by Gasteiger charge is -2.23. The van der Waals surface area contributed by atoms with Gasteiger partial charge in [-0.25, -0.2) is 0 Å². The van der Waals surface area contributed by atoms with Crippen LogP contribution in [-0.2, 0) is 25.7 Å². The molecule has 1 atom stereocenters. The Morgan fingerprint density at radius 1 is 0.833 bits per heavy atom. The number of hydroxylamine groups is 2. The van der Waals surface area contributed by atoms with Crippen molar-refractivity contribution in [3.05, 3.63) is 76.3 Å². The summed E-state index contributed by atoms with van der Waals surface area (Å²) < 4.78 is 44.0. The Bertz CT molecular complexity index is 1040. The first-order valence-electron chi connectivity index (χ1n) is 12.9. The second kappa shape index (κ2) is 14.1. The van der Waals surface area contributed by atoms with Crippen molar-refractivity contribution in [3.8, 4) is 11.5 Å². The molecule has 0 saturated carbocycles. The molecular weight excluding hydrogens is 467 g/mol. The van der Waals surface area contributed by atoms with Crippen LogP contribution in [0.5, 0.6) is 0 Å². The molecule has 2 aromatic carbocycles. The molecule has 5 nitrogen and oxygen atoms in total. The van der Waals surface area contributed by atoms with Crippen molar-refractivity contribution in [2.24, 2.45) is 0 Å². The van der Waals surface area contributed by atoms with Crippen molar-refractivity contribution in [1.82, 2.24) is 10.1 Å². The van der Waals surface area contributed by atoms with E-state index in [0.29, 0.717) is 17.3 Å². The highest BCUT2D eigenvalue weighted by Crippen LogP contribution is 2.29. The van der Waals surface area contributed by atoms with Crippen molar-refractivity contribution in [2.45, 2.75) is 90.4 Å². The molecule has 3 aromatic rings. The fourth-order valence-corrected chi connectivity index (χ4v) is 4.21. The predicted octanol–water partition coefficient (Wildman–Crippen LogP) is 6.91. The van der Waals surface area contributed by atoms with E-state index in [2.05, 4.69) is 17.1 Å². The summed E-state index contributed by atoms with van der Waals surface area (Å²) in [6.07, 6.45) is 7.73. The summed E-state index contributed by atoms with van der Waals surface area (Å²) in [5.74, 6) is 1.15. The molecule has 36 heavy (non-hydrogen) atoms. The molecule has 0 fully saturated rings. The first kappa shape index (κ1) is 27.9. The number of nitrogens with zero attached hydrogens (tertiary/aromatic N) is 2. The smallest absolute Gasteiger partial charge is 0.416 e. The summed E-state index contributed by atoms with van der Waals surface area (Å²) >= 11 is 0. The molecule has 0 spiro atoms. The predicted molar refractivity (Wildman–Crippen MR) is 134 cm³/mol. The number of halogens is 3. The fraction of sp³-hybridized carbons (Fsp3) is 0.500. The van der Waals surface area contributed by atoms with E-state index in [0.717, 1.165) is 36.1 Å². The van der Waals surface area contributed by atoms with Gasteiger partial charge in [-0.1, -0.05) is 87.7 Å². The monoisotopic (exact) mass is 503 g/mol. The number of alkyl halides is 3. The second-order valence-electron chi connectivity index (χ2n) is 9.38. The third kappa shape index (κ3) is 9.39. The number of aryl methyl sites for hydroxylation is 1. The quantitative estimate of drug-likeness (QED) is 0.181. The highest BCUT2D eigenvalue weighted by Gasteiger charge is 2.30. The van der Waals surface area contributed by atoms with E-state index in [1.54, 1.807) is 0 Å². The van der Waals surface area contributed by atoms with Crippen LogP contribution in [0, 0.1) is 5.21 Å². The maximum atomic E-state index is 12.9. The van der Waals surface area contributed by atoms with Gasteiger partial charge in [0, 0.05) is 23.1 Å². The van der Waals surface area contributed by atoms with E-state index >= 15 is 0 Å². The maximum Gasteiger partial charge on any atom is 0.416 e. The van der Waals surface area contributed by atoms with Crippen molar-refractivity contribution in [3.63, 3.8) is 0 Å². The zero-order valence-electron chi connectivity index (χ0n) is 20.9. The van der Waals surface area contributed by atoms with Gasteiger partial charge in [0.25, 0.3) is 5.89 Å². The van der Waals surface area contributed by atoms with Crippen molar-refractivity contribution < 1.29 is 22.8 Å². The van der Waals surface area contributed by atoms with Crippen LogP contribution < -0.4 is 5.06 Å². The Morgan fingerprint density at radius 2 is 1.47 bits per heavy atom. The number of aromatic nitrogens is 2. The van der Waals surface area contributed by atoms with Gasteiger partial charge in [0.05, 0.1) is 5.56 Å². The molecule has 0 aliphatic rings. The van der Waals surface area contributed by atoms with Gasteiger partial charge in [0.1, 0.15) is 13.1 Å². The molecule has 1 unspecified atom stereocenters. The van der Waals surface area contributed by atoms with Crippen molar-refractivity contribution in [2.75, 3.05) is 0 Å². The zero-order valence-corrected chi connectivity index (χ0v) is 20.9. The number of nitrogens with one attached hydrogen (secondary N) is 1. The Labute approximate surface area is 211 Å². The summed E-state index contributed by atoms with van der Waals surface area (Å²) in [5.41, 5.74) is 1.17. The Kier molecular flexibility index (Phi) is 10.9. The van der Waals surface area contributed by atoms with Gasteiger partial charge in [-0.15, -0.1) is 0 Å². The van der Waals surface area contributed by atoms with Gasteiger partial charge in [0.15, 0.2) is 5.82 Å². The number of hydrogen-bond acceptors (Lipinski definition) is 4. The first-order chi connectivity index (χ1) is 17.3. The average Bonchev–Trinajstić information content (AvgIpc) is 3.32. The van der Waals surface area contributed by atoms with E-state index in [-0.39, 0.29) is 18.2 Å². The third-order valence-electron chi connectivity index (χ3n) is 6.23. The minimum Gasteiger partial charge on any atom is -0.634 e. The van der Waals surface area contributed by atoms with Crippen LogP contribution in [0.3, 0.4) is 0 Å². The molecule has 0 amide bonds. The van der Waals surface area contributed by atoms with Crippen LogP contribution in [-0.4, -0.2) is 10.1 Å². The molecule has 0 bridgehead atoms. The van der Waals surface area contributed by atoms with Crippen molar-refractivity contribution in [1.29, 1.82) is 0 Å². The molecular formula is C28H36F3N3O2. The Morgan fingerprint density at radius 3 is 2.14 bits per heavy atom. The Hall–Kier alpha value is -2.71. The summed E-state index contributed by atoms with van der Waals surface area (Å²) in [5, 5.41) is 16.3. The van der Waals surface area contributed by atoms with Gasteiger partial charge in [-0.2, -0.15) is 18.2 Å². The highest BCUT2D eigenvalue weighted by atomic mass is 19.4. The van der Waals surface area contributed by atoms with E-state index in [4.69, 9.17) is 4.52 Å². The zero-order chi connectivity index (χ0) is 25.8. The van der Waals surface area contributed by atoms with Crippen LogP contribution in [0.1, 0.15) is 87.2 Å². The molecule has 1 aromatic heterocycles. The van der Waals surface area contributed by atoms with E-state index in [1.807, 2.05) is 24.3 Å². The summed E-state index contributed by atoms with van der Waals surface area (Å²) in [6, 6.07) is 12.2. The molecule has 8 heteroatoms. The summed E-state index contributed by atoms with van der Waals surface area (Å²) in [7, 11) is 0. The normalized spacial score (nSPS) is 12.7. The van der Waals surface area contributed by atoms with E-state index in [1.165, 1.54) is 63.5 Å². The number of unbranched alkanes of at least 4 members (excludes halogenated alkanes) is 8. The van der Waals surface area contributed by atoms with E-state index in [9.17, 15) is 18.4 Å². The number of rotatable bonds is 15. The van der Waals surface area contributed by atoms with Crippen LogP contribution >= 0.6 is 0 Å². The van der Waals surface area contributed by atoms with Crippen LogP contribution in [0.25, 0.3) is 11.5 Å². The fourth-order valence-electron chi connectivity index (χ4n) is 4.21. The second-order valence-corrected chi connectivity index (χ2v) is 9.38. The topological polar surface area (TPSA) is 66.4 Å². The lowest BCUT2D eigenvalue weighted by atomic mass is 10.1. The first-order valence-corrected chi connectivity index (χ1v) is 12.9. The van der Waals surface area contributed by atoms with Gasteiger partial charge in [0.2, 0.25) is 0 Å². The molecule has 3 rings (SSSR count). The summed E-state index contributed by atoms with van der Waals surface area (Å²) in [6.45, 7) is 2.33. The van der Waals surface area contributed by atoms with Gasteiger partial charge in [-0.05, 0) is 30.7 Å². The van der Waals surface area contributed by atoms with Gasteiger partial charge >= 0.3 is 6.18 Å². The summed E-state index contributed by atoms with van der Waals surface area (Å²) in [4.78, 5) is 4.49. The number of benzene rings is 2. The molecule has 196 valence electrons. The molecule has 1 heterocycles. The molecule has 0 aliphatic carbocycles. The highest BCUT2D eigenvalue weighted by molar-refractivity contribution is 5.53. The van der Waals surface area contributed by atoms with Crippen LogP contribution in [0.15, 0.2) is 53.1 Å². The lowest BCUT2D eigenvalue weighted by Crippen LogP contribution is -3.04. The number of hydrogen-bond donors (Lipinski definition) is 1. The van der Waals surface area contributed by atoms with Crippen LogP contribution in [0.2, 0.25) is 0 Å². The average molecular weight is 504 g/mol. The lowest BCUT2D eigenvalue weighted by molar-refractivity contribution is -0.876. The molecule has 1 N–H and O–H groups in total. The van der Waals surface area contributed by atoms with E-state index < -0.39 is 11.7 Å². The third-order valence-corrected chi connectivity index (χ3v) is 6.23.